The molecule has 0 saturated carbocycles. The lowest BCUT2D eigenvalue weighted by Crippen LogP contribution is -2.30. The van der Waals surface area contributed by atoms with E-state index >= 15 is 0 Å². The van der Waals surface area contributed by atoms with Crippen molar-refractivity contribution in [3.8, 4) is 0 Å². The number of carbonyl (C=O) groups is 3. The molecule has 0 aromatic heterocycles. The van der Waals surface area contributed by atoms with Crippen LogP contribution in [-0.4, -0.2) is 17.7 Å². The topological polar surface area (TPSA) is 87.3 Å². The van der Waals surface area contributed by atoms with Crippen molar-refractivity contribution in [3.05, 3.63) is 165 Å². The van der Waals surface area contributed by atoms with Crippen LogP contribution in [0, 0.1) is 6.92 Å². The molecule has 0 fully saturated rings. The molecule has 0 aliphatic rings. The Hall–Kier alpha value is -4.82. The van der Waals surface area contributed by atoms with Gasteiger partial charge in [-0.1, -0.05) is 108 Å². The summed E-state index contributed by atoms with van der Waals surface area (Å²) in [4.78, 5) is 40.9. The number of hydrogen-bond acceptors (Lipinski definition) is 4. The fourth-order valence-electron chi connectivity index (χ4n) is 4.54. The van der Waals surface area contributed by atoms with E-state index in [4.69, 9.17) is 23.2 Å². The van der Waals surface area contributed by atoms with E-state index in [1.165, 1.54) is 11.8 Å². The molecule has 1 unspecified atom stereocenters. The number of nitrogens with one attached hydrogen (secondary N) is 3. The van der Waals surface area contributed by atoms with Crippen LogP contribution in [-0.2, 0) is 9.59 Å². The molecule has 0 aliphatic heterocycles. The van der Waals surface area contributed by atoms with Gasteiger partial charge < -0.3 is 16.0 Å². The van der Waals surface area contributed by atoms with Gasteiger partial charge in [-0.25, -0.2) is 0 Å². The smallest absolute Gasteiger partial charge is 0.272 e. The summed E-state index contributed by atoms with van der Waals surface area (Å²) in [5.74, 6) is -1.18. The van der Waals surface area contributed by atoms with E-state index in [1.54, 1.807) is 66.7 Å². The lowest BCUT2D eigenvalue weighted by atomic mass is 10.1. The third-order valence-corrected chi connectivity index (χ3v) is 8.55. The van der Waals surface area contributed by atoms with Crippen LogP contribution in [0.2, 0.25) is 10.0 Å². The number of rotatable bonds is 10. The average molecular weight is 667 g/mol. The van der Waals surface area contributed by atoms with Crippen LogP contribution in [0.1, 0.15) is 32.3 Å². The molecule has 6 nitrogen and oxygen atoms in total. The Balaban J connectivity index is 1.38. The summed E-state index contributed by atoms with van der Waals surface area (Å²) in [6.07, 6.45) is 1.64. The van der Waals surface area contributed by atoms with Gasteiger partial charge in [0.15, 0.2) is 0 Å². The first-order valence-electron chi connectivity index (χ1n) is 14.3. The van der Waals surface area contributed by atoms with Crippen molar-refractivity contribution in [3.63, 3.8) is 0 Å². The first-order valence-corrected chi connectivity index (χ1v) is 15.9. The van der Waals surface area contributed by atoms with Crippen LogP contribution >= 0.6 is 35.0 Å². The number of benzene rings is 5. The summed E-state index contributed by atoms with van der Waals surface area (Å²) in [6.45, 7) is 1.95. The SMILES string of the molecule is Cc1cccc(/C=C(/NC(=O)c2ccccc2)C(=O)Nc2cccc(SC(C(=O)Nc3ccc(Cl)cc3Cl)c3ccccc3)c2)c1. The van der Waals surface area contributed by atoms with Crippen molar-refractivity contribution in [2.45, 2.75) is 17.1 Å². The number of halogens is 2. The quantitative estimate of drug-likeness (QED) is 0.103. The van der Waals surface area contributed by atoms with Crippen LogP contribution < -0.4 is 16.0 Å². The van der Waals surface area contributed by atoms with Crippen molar-refractivity contribution >= 4 is 70.1 Å². The maximum Gasteiger partial charge on any atom is 0.272 e. The zero-order valence-corrected chi connectivity index (χ0v) is 27.0. The van der Waals surface area contributed by atoms with Crippen LogP contribution in [0.3, 0.4) is 0 Å². The van der Waals surface area contributed by atoms with Gasteiger partial charge in [-0.3, -0.25) is 14.4 Å². The molecule has 5 aromatic carbocycles. The number of carbonyl (C=O) groups excluding carboxylic acids is 3. The van der Waals surface area contributed by atoms with Crippen molar-refractivity contribution in [2.75, 3.05) is 10.6 Å². The molecule has 46 heavy (non-hydrogen) atoms. The monoisotopic (exact) mass is 665 g/mol. The fourth-order valence-corrected chi connectivity index (χ4v) is 6.08. The lowest BCUT2D eigenvalue weighted by Gasteiger charge is -2.18. The van der Waals surface area contributed by atoms with Gasteiger partial charge in [0, 0.05) is 21.2 Å². The summed E-state index contributed by atoms with van der Waals surface area (Å²) in [5, 5.41) is 8.74. The number of thioether (sulfide) groups is 1. The van der Waals surface area contributed by atoms with Gasteiger partial charge in [-0.15, -0.1) is 11.8 Å². The zero-order valence-electron chi connectivity index (χ0n) is 24.7. The fraction of sp³-hybridized carbons (Fsp3) is 0.0541. The number of amides is 3. The second-order valence-corrected chi connectivity index (χ2v) is 12.3. The first kappa shape index (κ1) is 32.6. The van der Waals surface area contributed by atoms with Crippen LogP contribution in [0.25, 0.3) is 6.08 Å². The molecule has 0 radical (unpaired) electrons. The Morgan fingerprint density at radius 2 is 1.46 bits per heavy atom. The highest BCUT2D eigenvalue weighted by Gasteiger charge is 2.23. The number of hydrogen-bond donors (Lipinski definition) is 3. The van der Waals surface area contributed by atoms with Gasteiger partial charge in [0.2, 0.25) is 5.91 Å². The Morgan fingerprint density at radius 1 is 0.739 bits per heavy atom. The van der Waals surface area contributed by atoms with E-state index in [1.807, 2.05) is 73.7 Å². The van der Waals surface area contributed by atoms with Crippen molar-refractivity contribution in [1.29, 1.82) is 0 Å². The molecule has 1 atom stereocenters. The number of aryl methyl sites for hydroxylation is 1. The zero-order chi connectivity index (χ0) is 32.5. The van der Waals surface area contributed by atoms with Crippen LogP contribution in [0.15, 0.2) is 138 Å². The Labute approximate surface area is 281 Å². The van der Waals surface area contributed by atoms with Gasteiger partial charge in [0.1, 0.15) is 10.9 Å². The van der Waals surface area contributed by atoms with Gasteiger partial charge in [0.05, 0.1) is 10.7 Å². The van der Waals surface area contributed by atoms with E-state index in [0.717, 1.165) is 21.6 Å². The van der Waals surface area contributed by atoms with Gasteiger partial charge >= 0.3 is 0 Å². The molecular formula is C37H29Cl2N3O3S. The molecule has 3 N–H and O–H groups in total. The second-order valence-electron chi connectivity index (χ2n) is 10.3. The predicted molar refractivity (Wildman–Crippen MR) is 188 cm³/mol. The molecule has 0 saturated heterocycles. The third-order valence-electron chi connectivity index (χ3n) is 6.76. The van der Waals surface area contributed by atoms with Crippen molar-refractivity contribution in [1.82, 2.24) is 5.32 Å². The van der Waals surface area contributed by atoms with E-state index in [-0.39, 0.29) is 11.6 Å². The van der Waals surface area contributed by atoms with Crippen molar-refractivity contribution in [2.24, 2.45) is 0 Å². The summed E-state index contributed by atoms with van der Waals surface area (Å²) in [7, 11) is 0. The minimum atomic E-state index is -0.638. The molecule has 5 rings (SSSR count). The van der Waals surface area contributed by atoms with E-state index < -0.39 is 17.1 Å². The minimum Gasteiger partial charge on any atom is -0.323 e. The molecule has 0 bridgehead atoms. The second kappa shape index (κ2) is 15.5. The van der Waals surface area contributed by atoms with E-state index in [2.05, 4.69) is 16.0 Å². The summed E-state index contributed by atoms with van der Waals surface area (Å²) in [5.41, 5.74) is 4.02. The molecule has 0 aliphatic carbocycles. The molecule has 230 valence electrons. The maximum atomic E-state index is 13.6. The third kappa shape index (κ3) is 8.88. The summed E-state index contributed by atoms with van der Waals surface area (Å²) < 4.78 is 0. The maximum absolute atomic E-state index is 13.6. The molecule has 0 heterocycles. The van der Waals surface area contributed by atoms with Crippen molar-refractivity contribution < 1.29 is 14.4 Å². The highest BCUT2D eigenvalue weighted by Crippen LogP contribution is 2.38. The Morgan fingerprint density at radius 3 is 2.17 bits per heavy atom. The normalized spacial score (nSPS) is 11.8. The molecule has 0 spiro atoms. The predicted octanol–water partition coefficient (Wildman–Crippen LogP) is 9.18. The highest BCUT2D eigenvalue weighted by molar-refractivity contribution is 8.00. The number of anilines is 2. The van der Waals surface area contributed by atoms with E-state index in [0.29, 0.717) is 27.0 Å². The average Bonchev–Trinajstić information content (AvgIpc) is 3.05. The first-order chi connectivity index (χ1) is 22.2. The lowest BCUT2D eigenvalue weighted by molar-refractivity contribution is -0.116. The molecule has 5 aromatic rings. The largest absolute Gasteiger partial charge is 0.323 e. The van der Waals surface area contributed by atoms with Gasteiger partial charge in [-0.2, -0.15) is 0 Å². The van der Waals surface area contributed by atoms with Gasteiger partial charge in [0.25, 0.3) is 11.8 Å². The molecule has 3 amide bonds. The van der Waals surface area contributed by atoms with Crippen LogP contribution in [0.5, 0.6) is 0 Å². The Bertz CT molecular complexity index is 1900. The summed E-state index contributed by atoms with van der Waals surface area (Å²) in [6, 6.07) is 37.8. The molecular weight excluding hydrogens is 637 g/mol. The minimum absolute atomic E-state index is 0.0823. The van der Waals surface area contributed by atoms with Crippen LogP contribution in [0.4, 0.5) is 11.4 Å². The van der Waals surface area contributed by atoms with Gasteiger partial charge in [-0.05, 0) is 72.7 Å². The highest BCUT2D eigenvalue weighted by atomic mass is 35.5. The Kier molecular flexibility index (Phi) is 10.9. The van der Waals surface area contributed by atoms with E-state index in [9.17, 15) is 14.4 Å². The summed E-state index contributed by atoms with van der Waals surface area (Å²) >= 11 is 13.7. The molecule has 9 heteroatoms. The standard InChI is InChI=1S/C37H29Cl2N3O3S/c1-24-10-8-11-25(20-24)21-33(42-35(43)27-14-6-3-7-15-27)36(44)40-29-16-9-17-30(23-29)46-34(26-12-4-2-5-13-26)37(45)41-32-19-18-28(38)22-31(32)39/h2-23,34H,1H3,(H,40,44)(H,41,45)(H,42,43)/b33-21+.